The zero-order valence-corrected chi connectivity index (χ0v) is 25.6. The van der Waals surface area contributed by atoms with Gasteiger partial charge in [0.2, 0.25) is 5.91 Å². The molecule has 0 saturated heterocycles. The van der Waals surface area contributed by atoms with Gasteiger partial charge in [-0.1, -0.05) is 66.2 Å². The minimum Gasteiger partial charge on any atom is -0.508 e. The second-order valence-electron chi connectivity index (χ2n) is 11.7. The van der Waals surface area contributed by atoms with Crippen LogP contribution in [0.25, 0.3) is 5.57 Å². The topological polar surface area (TPSA) is 81.9 Å². The monoisotopic (exact) mass is 634 g/mol. The van der Waals surface area contributed by atoms with Crippen molar-refractivity contribution in [3.8, 4) is 11.5 Å². The van der Waals surface area contributed by atoms with Crippen molar-refractivity contribution < 1.29 is 15.0 Å². The number of halogens is 1. The average molecular weight is 636 g/mol. The van der Waals surface area contributed by atoms with Crippen LogP contribution in [0.15, 0.2) is 111 Å². The van der Waals surface area contributed by atoms with E-state index in [9.17, 15) is 15.0 Å². The Labute approximate surface area is 261 Å². The van der Waals surface area contributed by atoms with E-state index in [0.717, 1.165) is 59.8 Å². The van der Waals surface area contributed by atoms with E-state index in [4.69, 9.17) is 0 Å². The van der Waals surface area contributed by atoms with Gasteiger partial charge in [-0.2, -0.15) is 0 Å². The third-order valence-electron chi connectivity index (χ3n) is 8.85. The number of hydrogen-bond acceptors (Lipinski definition) is 4. The SMILES string of the molecule is O=C(CCCc1ccc(CC/C2=C/C(c3ccccc3O)=C=CC3=C(Br)C=NCC34CC24)cc1)NCc1ccccc1O. The fourth-order valence-corrected chi connectivity index (χ4v) is 6.95. The molecule has 218 valence electrons. The highest BCUT2D eigenvalue weighted by Crippen LogP contribution is 2.64. The molecule has 1 amide bonds. The number of phenols is 2. The highest BCUT2D eigenvalue weighted by atomic mass is 79.9. The first kappa shape index (κ1) is 29.0. The van der Waals surface area contributed by atoms with Crippen molar-refractivity contribution in [1.29, 1.82) is 0 Å². The second kappa shape index (κ2) is 12.6. The van der Waals surface area contributed by atoms with Crippen LogP contribution in [0.2, 0.25) is 0 Å². The Morgan fingerprint density at radius 1 is 0.953 bits per heavy atom. The number of aliphatic imine (C=N–C) groups is 1. The summed E-state index contributed by atoms with van der Waals surface area (Å²) >= 11 is 3.74. The molecule has 5 nitrogen and oxygen atoms in total. The first-order chi connectivity index (χ1) is 20.9. The molecule has 3 aromatic rings. The smallest absolute Gasteiger partial charge is 0.220 e. The number of nitrogens with one attached hydrogen (secondary N) is 1. The number of aryl methyl sites for hydroxylation is 2. The van der Waals surface area contributed by atoms with Crippen LogP contribution in [0.3, 0.4) is 0 Å². The summed E-state index contributed by atoms with van der Waals surface area (Å²) in [6, 6.07) is 23.3. The van der Waals surface area contributed by atoms with Gasteiger partial charge in [-0.05, 0) is 94.9 Å². The first-order valence-corrected chi connectivity index (χ1v) is 15.7. The molecule has 2 atom stereocenters. The number of allylic oxidation sites excluding steroid dienone is 4. The molecule has 1 saturated carbocycles. The lowest BCUT2D eigenvalue weighted by Crippen LogP contribution is -2.22. The maximum atomic E-state index is 12.3. The van der Waals surface area contributed by atoms with Crippen molar-refractivity contribution in [2.24, 2.45) is 16.3 Å². The number of carbonyl (C=O) groups is 1. The lowest BCUT2D eigenvalue weighted by atomic mass is 9.84. The summed E-state index contributed by atoms with van der Waals surface area (Å²) < 4.78 is 1.02. The van der Waals surface area contributed by atoms with Crippen LogP contribution in [0, 0.1) is 11.3 Å². The van der Waals surface area contributed by atoms with Gasteiger partial charge in [0.05, 0.1) is 0 Å². The number of nitrogens with zero attached hydrogens (tertiary/aromatic N) is 1. The number of amides is 1. The molecule has 0 aromatic heterocycles. The molecule has 3 N–H and O–H groups in total. The molecular weight excluding hydrogens is 600 g/mol. The Hall–Kier alpha value is -4.12. The molecule has 0 bridgehead atoms. The Balaban J connectivity index is 1.08. The summed E-state index contributed by atoms with van der Waals surface area (Å²) in [6.45, 7) is 1.13. The molecule has 1 spiro atoms. The van der Waals surface area contributed by atoms with E-state index in [1.165, 1.54) is 22.3 Å². The number of phenolic OH excluding ortho intramolecular Hbond substituents is 2. The van der Waals surface area contributed by atoms with Gasteiger partial charge in [0.25, 0.3) is 0 Å². The Morgan fingerprint density at radius 3 is 2.44 bits per heavy atom. The van der Waals surface area contributed by atoms with E-state index in [-0.39, 0.29) is 22.8 Å². The van der Waals surface area contributed by atoms with Crippen molar-refractivity contribution in [3.63, 3.8) is 0 Å². The van der Waals surface area contributed by atoms with Crippen LogP contribution >= 0.6 is 15.9 Å². The minimum absolute atomic E-state index is 0.00836. The molecule has 1 aliphatic heterocycles. The summed E-state index contributed by atoms with van der Waals surface area (Å²) in [4.78, 5) is 16.9. The molecule has 3 aliphatic rings. The summed E-state index contributed by atoms with van der Waals surface area (Å²) in [7, 11) is 0. The van der Waals surface area contributed by atoms with E-state index in [1.807, 2.05) is 36.5 Å². The second-order valence-corrected chi connectivity index (χ2v) is 12.5. The van der Waals surface area contributed by atoms with Crippen LogP contribution in [-0.2, 0) is 24.2 Å². The number of benzene rings is 3. The van der Waals surface area contributed by atoms with Gasteiger partial charge in [-0.3, -0.25) is 9.79 Å². The number of dihydropyridines is 1. The van der Waals surface area contributed by atoms with Crippen LogP contribution in [0.4, 0.5) is 0 Å². The molecule has 43 heavy (non-hydrogen) atoms. The van der Waals surface area contributed by atoms with Gasteiger partial charge in [0, 0.05) is 52.3 Å². The molecule has 2 unspecified atom stereocenters. The number of hydrogen-bond donors (Lipinski definition) is 3. The number of rotatable bonds is 10. The summed E-state index contributed by atoms with van der Waals surface area (Å²) in [6.07, 6.45) is 11.2. The molecule has 2 aliphatic carbocycles. The van der Waals surface area contributed by atoms with Crippen LogP contribution in [0.1, 0.15) is 47.9 Å². The third-order valence-corrected chi connectivity index (χ3v) is 9.48. The summed E-state index contributed by atoms with van der Waals surface area (Å²) in [5, 5.41) is 23.4. The average Bonchev–Trinajstić information content (AvgIpc) is 3.70. The van der Waals surface area contributed by atoms with Crippen LogP contribution in [0.5, 0.6) is 11.5 Å². The van der Waals surface area contributed by atoms with Crippen molar-refractivity contribution in [3.05, 3.63) is 129 Å². The predicted octanol–water partition coefficient (Wildman–Crippen LogP) is 7.59. The summed E-state index contributed by atoms with van der Waals surface area (Å²) in [5.41, 5.74) is 11.1. The number of para-hydroxylation sites is 2. The van der Waals surface area contributed by atoms with Crippen molar-refractivity contribution in [1.82, 2.24) is 5.32 Å². The van der Waals surface area contributed by atoms with Crippen molar-refractivity contribution in [2.45, 2.75) is 45.1 Å². The highest BCUT2D eigenvalue weighted by Gasteiger charge is 2.58. The fourth-order valence-electron chi connectivity index (χ4n) is 6.30. The van der Waals surface area contributed by atoms with E-state index < -0.39 is 0 Å². The lowest BCUT2D eigenvalue weighted by Gasteiger charge is -2.24. The Bertz CT molecular complexity index is 1690. The van der Waals surface area contributed by atoms with Crippen LogP contribution in [-0.4, -0.2) is 28.9 Å². The van der Waals surface area contributed by atoms with Gasteiger partial charge in [-0.25, -0.2) is 0 Å². The Kier molecular flexibility index (Phi) is 8.51. The molecule has 3 aromatic carbocycles. The standard InChI is InChI=1S/C37H35BrN2O3/c38-33-23-39-24-37-21-32(37)28(20-27(18-19-31(33)37)30-8-2-4-10-35(30)42)17-16-26-14-12-25(13-15-26)6-5-11-36(43)40-22-29-7-1-3-9-34(29)41/h1-4,7-10,12-15,19-20,23,32,41-42H,5-6,11,16-17,21-22,24H2,(H,40,43)/b28-20-. The van der Waals surface area contributed by atoms with Gasteiger partial charge in [0.15, 0.2) is 0 Å². The lowest BCUT2D eigenvalue weighted by molar-refractivity contribution is -0.121. The van der Waals surface area contributed by atoms with Gasteiger partial charge < -0.3 is 15.5 Å². The summed E-state index contributed by atoms with van der Waals surface area (Å²) in [5.74, 6) is 0.875. The maximum absolute atomic E-state index is 12.3. The fraction of sp³-hybridized carbons (Fsp3) is 0.270. The zero-order chi connectivity index (χ0) is 29.8. The van der Waals surface area contributed by atoms with Crippen molar-refractivity contribution in [2.75, 3.05) is 6.54 Å². The molecular formula is C37H35BrN2O3. The quantitative estimate of drug-likeness (QED) is 0.201. The first-order valence-electron chi connectivity index (χ1n) is 14.9. The van der Waals surface area contributed by atoms with E-state index in [2.05, 4.69) is 68.4 Å². The zero-order valence-electron chi connectivity index (χ0n) is 24.0. The third kappa shape index (κ3) is 6.46. The van der Waals surface area contributed by atoms with Crippen LogP contribution < -0.4 is 5.32 Å². The molecule has 1 heterocycles. The van der Waals surface area contributed by atoms with Crippen molar-refractivity contribution >= 4 is 33.6 Å². The largest absolute Gasteiger partial charge is 0.508 e. The van der Waals surface area contributed by atoms with E-state index in [0.29, 0.717) is 18.9 Å². The minimum atomic E-state index is -0.00836. The Morgan fingerprint density at radius 2 is 1.67 bits per heavy atom. The molecule has 0 radical (unpaired) electrons. The molecule has 6 rings (SSSR count). The molecule has 6 heteroatoms. The maximum Gasteiger partial charge on any atom is 0.220 e. The number of aromatic hydroxyl groups is 2. The highest BCUT2D eigenvalue weighted by molar-refractivity contribution is 9.12. The van der Waals surface area contributed by atoms with Gasteiger partial charge in [-0.15, -0.1) is 5.73 Å². The predicted molar refractivity (Wildman–Crippen MR) is 175 cm³/mol. The van der Waals surface area contributed by atoms with Gasteiger partial charge >= 0.3 is 0 Å². The van der Waals surface area contributed by atoms with Gasteiger partial charge in [0.1, 0.15) is 11.5 Å². The van der Waals surface area contributed by atoms with E-state index >= 15 is 0 Å². The van der Waals surface area contributed by atoms with E-state index in [1.54, 1.807) is 18.2 Å². The number of carbonyl (C=O) groups excluding carboxylic acids is 1. The molecule has 1 fully saturated rings. The normalized spacial score (nSPS) is 21.6.